The first-order valence-corrected chi connectivity index (χ1v) is 6.52. The van der Waals surface area contributed by atoms with Crippen LogP contribution in [0.5, 0.6) is 0 Å². The van der Waals surface area contributed by atoms with Crippen molar-refractivity contribution >= 4 is 5.69 Å². The van der Waals surface area contributed by atoms with E-state index < -0.39 is 11.0 Å². The molecule has 0 aromatic heterocycles. The van der Waals surface area contributed by atoms with Gasteiger partial charge in [-0.05, 0) is 24.1 Å². The third kappa shape index (κ3) is 3.99. The zero-order chi connectivity index (χ0) is 13.7. The molecule has 0 saturated carbocycles. The number of hydrogen-bond acceptors (Lipinski definition) is 5. The molecular formula is C13H19N3O3. The first-order valence-electron chi connectivity index (χ1n) is 6.52. The molecule has 0 aliphatic carbocycles. The molecule has 104 valence electrons. The number of nitro groups is 1. The fourth-order valence-corrected chi connectivity index (χ4v) is 2.22. The van der Waals surface area contributed by atoms with E-state index in [0.29, 0.717) is 6.42 Å². The van der Waals surface area contributed by atoms with Crippen LogP contribution >= 0.6 is 0 Å². The number of non-ortho nitro benzene ring substituents is 1. The van der Waals surface area contributed by atoms with Crippen LogP contribution in [0.25, 0.3) is 0 Å². The van der Waals surface area contributed by atoms with Gasteiger partial charge in [0.1, 0.15) is 0 Å². The van der Waals surface area contributed by atoms with E-state index in [9.17, 15) is 15.2 Å². The second kappa shape index (κ2) is 6.60. The van der Waals surface area contributed by atoms with Gasteiger partial charge in [0, 0.05) is 44.9 Å². The molecule has 0 radical (unpaired) electrons. The molecular weight excluding hydrogens is 246 g/mol. The van der Waals surface area contributed by atoms with Crippen LogP contribution in [-0.2, 0) is 0 Å². The summed E-state index contributed by atoms with van der Waals surface area (Å²) >= 11 is 0. The summed E-state index contributed by atoms with van der Waals surface area (Å²) in [6.45, 7) is 4.85. The average Bonchev–Trinajstić information content (AvgIpc) is 2.46. The van der Waals surface area contributed by atoms with E-state index in [-0.39, 0.29) is 5.69 Å². The summed E-state index contributed by atoms with van der Waals surface area (Å²) < 4.78 is 0. The van der Waals surface area contributed by atoms with Crippen molar-refractivity contribution in [3.8, 4) is 0 Å². The van der Waals surface area contributed by atoms with Gasteiger partial charge in [0.25, 0.3) is 5.69 Å². The van der Waals surface area contributed by atoms with E-state index in [2.05, 4.69) is 10.2 Å². The van der Waals surface area contributed by atoms with Gasteiger partial charge >= 0.3 is 0 Å². The van der Waals surface area contributed by atoms with Gasteiger partial charge in [0.05, 0.1) is 11.0 Å². The Balaban J connectivity index is 1.84. The SMILES string of the molecule is O=[N+]([O-])c1ccc(C(O)CCN2CCNCC2)cc1. The zero-order valence-corrected chi connectivity index (χ0v) is 10.8. The molecule has 0 bridgehead atoms. The molecule has 0 spiro atoms. The number of piperazine rings is 1. The summed E-state index contributed by atoms with van der Waals surface area (Å²) in [4.78, 5) is 12.4. The Morgan fingerprint density at radius 1 is 1.32 bits per heavy atom. The fraction of sp³-hybridized carbons (Fsp3) is 0.538. The third-order valence-electron chi connectivity index (χ3n) is 3.42. The number of nitrogens with one attached hydrogen (secondary N) is 1. The average molecular weight is 265 g/mol. The summed E-state index contributed by atoms with van der Waals surface area (Å²) in [6, 6.07) is 6.12. The predicted molar refractivity (Wildman–Crippen MR) is 72.0 cm³/mol. The number of nitrogens with zero attached hydrogens (tertiary/aromatic N) is 2. The number of nitro benzene ring substituents is 1. The topological polar surface area (TPSA) is 78.6 Å². The molecule has 1 aromatic rings. The minimum atomic E-state index is -0.560. The van der Waals surface area contributed by atoms with Crippen LogP contribution in [0.3, 0.4) is 0 Å². The summed E-state index contributed by atoms with van der Waals surface area (Å²) in [5.74, 6) is 0. The summed E-state index contributed by atoms with van der Waals surface area (Å²) in [5, 5.41) is 23.9. The van der Waals surface area contributed by atoms with Crippen LogP contribution in [0.15, 0.2) is 24.3 Å². The molecule has 2 N–H and O–H groups in total. The number of benzene rings is 1. The molecule has 2 rings (SSSR count). The van der Waals surface area contributed by atoms with Gasteiger partial charge in [-0.1, -0.05) is 0 Å². The Morgan fingerprint density at radius 3 is 2.53 bits per heavy atom. The van der Waals surface area contributed by atoms with E-state index in [0.717, 1.165) is 38.3 Å². The summed E-state index contributed by atoms with van der Waals surface area (Å²) in [7, 11) is 0. The first kappa shape index (κ1) is 13.9. The molecule has 1 saturated heterocycles. The van der Waals surface area contributed by atoms with Gasteiger partial charge < -0.3 is 15.3 Å². The largest absolute Gasteiger partial charge is 0.388 e. The van der Waals surface area contributed by atoms with Gasteiger partial charge in [-0.2, -0.15) is 0 Å². The lowest BCUT2D eigenvalue weighted by Crippen LogP contribution is -2.44. The molecule has 0 amide bonds. The Labute approximate surface area is 112 Å². The molecule has 1 heterocycles. The molecule has 6 nitrogen and oxygen atoms in total. The normalized spacial score (nSPS) is 18.2. The van der Waals surface area contributed by atoms with Gasteiger partial charge in [-0.25, -0.2) is 0 Å². The maximum atomic E-state index is 10.5. The molecule has 1 fully saturated rings. The van der Waals surface area contributed by atoms with Crippen molar-refractivity contribution in [2.24, 2.45) is 0 Å². The molecule has 6 heteroatoms. The number of rotatable bonds is 5. The Bertz CT molecular complexity index is 416. The molecule has 1 atom stereocenters. The predicted octanol–water partition coefficient (Wildman–Crippen LogP) is 0.923. The number of aliphatic hydroxyl groups excluding tert-OH is 1. The number of hydrogen-bond donors (Lipinski definition) is 2. The Morgan fingerprint density at radius 2 is 1.95 bits per heavy atom. The van der Waals surface area contributed by atoms with Crippen LogP contribution in [0.1, 0.15) is 18.1 Å². The van der Waals surface area contributed by atoms with Crippen LogP contribution in [-0.4, -0.2) is 47.7 Å². The van der Waals surface area contributed by atoms with E-state index >= 15 is 0 Å². The lowest BCUT2D eigenvalue weighted by Gasteiger charge is -2.27. The molecule has 1 unspecified atom stereocenters. The minimum absolute atomic E-state index is 0.0538. The third-order valence-corrected chi connectivity index (χ3v) is 3.42. The smallest absolute Gasteiger partial charge is 0.269 e. The highest BCUT2D eigenvalue weighted by atomic mass is 16.6. The fourth-order valence-electron chi connectivity index (χ4n) is 2.22. The van der Waals surface area contributed by atoms with E-state index in [4.69, 9.17) is 0 Å². The minimum Gasteiger partial charge on any atom is -0.388 e. The van der Waals surface area contributed by atoms with Crippen LogP contribution in [0, 0.1) is 10.1 Å². The maximum Gasteiger partial charge on any atom is 0.269 e. The highest BCUT2D eigenvalue weighted by Gasteiger charge is 2.14. The molecule has 1 aliphatic rings. The first-order chi connectivity index (χ1) is 9.16. The highest BCUT2D eigenvalue weighted by molar-refractivity contribution is 5.33. The molecule has 1 aromatic carbocycles. The van der Waals surface area contributed by atoms with Crippen molar-refractivity contribution in [2.75, 3.05) is 32.7 Å². The lowest BCUT2D eigenvalue weighted by atomic mass is 10.1. The van der Waals surface area contributed by atoms with Crippen molar-refractivity contribution in [3.63, 3.8) is 0 Å². The Hall–Kier alpha value is -1.50. The van der Waals surface area contributed by atoms with Crippen molar-refractivity contribution in [3.05, 3.63) is 39.9 Å². The molecule has 1 aliphatic heterocycles. The van der Waals surface area contributed by atoms with E-state index in [1.807, 2.05) is 0 Å². The van der Waals surface area contributed by atoms with Crippen molar-refractivity contribution < 1.29 is 10.0 Å². The number of aliphatic hydroxyl groups is 1. The van der Waals surface area contributed by atoms with Crippen molar-refractivity contribution in [1.29, 1.82) is 0 Å². The second-order valence-corrected chi connectivity index (χ2v) is 4.74. The molecule has 19 heavy (non-hydrogen) atoms. The zero-order valence-electron chi connectivity index (χ0n) is 10.8. The summed E-state index contributed by atoms with van der Waals surface area (Å²) in [6.07, 6.45) is 0.0911. The van der Waals surface area contributed by atoms with Crippen molar-refractivity contribution in [1.82, 2.24) is 10.2 Å². The summed E-state index contributed by atoms with van der Waals surface area (Å²) in [5.41, 5.74) is 0.791. The van der Waals surface area contributed by atoms with Gasteiger partial charge in [0.15, 0.2) is 0 Å². The Kier molecular flexibility index (Phi) is 4.84. The van der Waals surface area contributed by atoms with Crippen molar-refractivity contribution in [2.45, 2.75) is 12.5 Å². The van der Waals surface area contributed by atoms with Gasteiger partial charge in [0.2, 0.25) is 0 Å². The van der Waals surface area contributed by atoms with Gasteiger partial charge in [-0.15, -0.1) is 0 Å². The van der Waals surface area contributed by atoms with Gasteiger partial charge in [-0.3, -0.25) is 10.1 Å². The van der Waals surface area contributed by atoms with E-state index in [1.54, 1.807) is 12.1 Å². The van der Waals surface area contributed by atoms with Crippen LogP contribution in [0.2, 0.25) is 0 Å². The second-order valence-electron chi connectivity index (χ2n) is 4.74. The highest BCUT2D eigenvalue weighted by Crippen LogP contribution is 2.20. The maximum absolute atomic E-state index is 10.5. The van der Waals surface area contributed by atoms with Crippen LogP contribution in [0.4, 0.5) is 5.69 Å². The van der Waals surface area contributed by atoms with Crippen LogP contribution < -0.4 is 5.32 Å². The lowest BCUT2D eigenvalue weighted by molar-refractivity contribution is -0.384. The van der Waals surface area contributed by atoms with E-state index in [1.165, 1.54) is 12.1 Å². The monoisotopic (exact) mass is 265 g/mol. The standard InChI is InChI=1S/C13H19N3O3/c17-13(5-8-15-9-6-14-7-10-15)11-1-3-12(4-2-11)16(18)19/h1-4,13-14,17H,5-10H2. The quantitative estimate of drug-likeness (QED) is 0.611.